The van der Waals surface area contributed by atoms with Crippen LogP contribution in [0.4, 0.5) is 0 Å². The molecule has 2 heterocycles. The van der Waals surface area contributed by atoms with Crippen molar-refractivity contribution in [2.24, 2.45) is 0 Å². The molecule has 6 nitrogen and oxygen atoms in total. The summed E-state index contributed by atoms with van der Waals surface area (Å²) in [6.07, 6.45) is 3.94. The number of hydrogen-bond donors (Lipinski definition) is 1. The van der Waals surface area contributed by atoms with Gasteiger partial charge in [-0.15, -0.1) is 0 Å². The van der Waals surface area contributed by atoms with Crippen molar-refractivity contribution in [1.82, 2.24) is 24.9 Å². The van der Waals surface area contributed by atoms with Gasteiger partial charge in [0.15, 0.2) is 0 Å². The van der Waals surface area contributed by atoms with Crippen LogP contribution in [0, 0.1) is 0 Å². The molecule has 0 spiro atoms. The lowest BCUT2D eigenvalue weighted by molar-refractivity contribution is -0.133. The molecule has 112 valence electrons. The Morgan fingerprint density at radius 3 is 2.80 bits per heavy atom. The Morgan fingerprint density at radius 1 is 1.50 bits per heavy atom. The first-order chi connectivity index (χ1) is 9.61. The van der Waals surface area contributed by atoms with E-state index in [1.54, 1.807) is 0 Å². The summed E-state index contributed by atoms with van der Waals surface area (Å²) in [6, 6.07) is 0.196. The molecule has 6 heteroatoms. The second-order valence-electron chi connectivity index (χ2n) is 5.35. The van der Waals surface area contributed by atoms with Crippen LogP contribution in [-0.4, -0.2) is 65.3 Å². The fourth-order valence-electron chi connectivity index (χ4n) is 2.39. The monoisotopic (exact) mass is 279 g/mol. The summed E-state index contributed by atoms with van der Waals surface area (Å²) in [7, 11) is 1.99. The smallest absolute Gasteiger partial charge is 0.236 e. The Bertz CT molecular complexity index is 439. The molecule has 1 aromatic rings. The highest BCUT2D eigenvalue weighted by Gasteiger charge is 2.21. The fourth-order valence-corrected chi connectivity index (χ4v) is 2.39. The number of piperazine rings is 1. The Labute approximate surface area is 120 Å². The van der Waals surface area contributed by atoms with Crippen molar-refractivity contribution >= 4 is 5.91 Å². The summed E-state index contributed by atoms with van der Waals surface area (Å²) in [5.74, 6) is 0.212. The number of aryl methyl sites for hydroxylation is 1. The van der Waals surface area contributed by atoms with Gasteiger partial charge in [-0.2, -0.15) is 5.10 Å². The van der Waals surface area contributed by atoms with E-state index in [0.717, 1.165) is 38.3 Å². The predicted molar refractivity (Wildman–Crippen MR) is 78.4 cm³/mol. The first-order valence-corrected chi connectivity index (χ1v) is 7.33. The van der Waals surface area contributed by atoms with Gasteiger partial charge in [0.2, 0.25) is 5.91 Å². The second-order valence-corrected chi connectivity index (χ2v) is 5.35. The minimum atomic E-state index is 0.196. The molecule has 0 radical (unpaired) electrons. The highest BCUT2D eigenvalue weighted by Crippen LogP contribution is 2.17. The van der Waals surface area contributed by atoms with E-state index in [1.807, 2.05) is 22.8 Å². The van der Waals surface area contributed by atoms with Gasteiger partial charge in [-0.05, 0) is 20.9 Å². The van der Waals surface area contributed by atoms with Crippen molar-refractivity contribution in [2.75, 3.05) is 39.8 Å². The Kier molecular flexibility index (Phi) is 5.14. The molecule has 1 fully saturated rings. The van der Waals surface area contributed by atoms with Gasteiger partial charge in [0.25, 0.3) is 0 Å². The number of carbonyl (C=O) groups is 1. The van der Waals surface area contributed by atoms with E-state index in [2.05, 4.69) is 35.4 Å². The van der Waals surface area contributed by atoms with Crippen LogP contribution in [-0.2, 0) is 11.3 Å². The molecule has 1 aromatic heterocycles. The van der Waals surface area contributed by atoms with Gasteiger partial charge in [0, 0.05) is 50.5 Å². The van der Waals surface area contributed by atoms with E-state index < -0.39 is 0 Å². The van der Waals surface area contributed by atoms with Gasteiger partial charge in [0.05, 0.1) is 12.7 Å². The summed E-state index contributed by atoms with van der Waals surface area (Å²) in [5, 5.41) is 7.56. The molecule has 0 saturated carbocycles. The van der Waals surface area contributed by atoms with E-state index in [1.165, 1.54) is 0 Å². The zero-order chi connectivity index (χ0) is 14.5. The number of amides is 1. The van der Waals surface area contributed by atoms with Gasteiger partial charge in [0.1, 0.15) is 0 Å². The van der Waals surface area contributed by atoms with Gasteiger partial charge < -0.3 is 10.2 Å². The normalized spacial score (nSPS) is 17.5. The van der Waals surface area contributed by atoms with Crippen molar-refractivity contribution in [3.05, 3.63) is 18.0 Å². The maximum Gasteiger partial charge on any atom is 0.236 e. The SMILES string of the molecule is CCn1cc(C(C)N(C)CC(=O)N2CCNCC2)cn1. The molecule has 2 rings (SSSR count). The largest absolute Gasteiger partial charge is 0.339 e. The molecule has 0 bridgehead atoms. The van der Waals surface area contributed by atoms with Crippen molar-refractivity contribution in [3.8, 4) is 0 Å². The predicted octanol–water partition coefficient (Wildman–Crippen LogP) is 0.328. The molecular weight excluding hydrogens is 254 g/mol. The fraction of sp³-hybridized carbons (Fsp3) is 0.714. The Hall–Kier alpha value is -1.40. The molecule has 1 atom stereocenters. The number of rotatable bonds is 5. The number of carbonyl (C=O) groups excluding carboxylic acids is 1. The molecular formula is C14H25N5O. The van der Waals surface area contributed by atoms with Crippen molar-refractivity contribution < 1.29 is 4.79 Å². The first-order valence-electron chi connectivity index (χ1n) is 7.33. The number of nitrogens with one attached hydrogen (secondary N) is 1. The number of hydrogen-bond acceptors (Lipinski definition) is 4. The van der Waals surface area contributed by atoms with Crippen molar-refractivity contribution in [1.29, 1.82) is 0 Å². The quantitative estimate of drug-likeness (QED) is 0.844. The van der Waals surface area contributed by atoms with E-state index in [-0.39, 0.29) is 11.9 Å². The van der Waals surface area contributed by atoms with E-state index in [0.29, 0.717) is 6.54 Å². The average molecular weight is 279 g/mol. The van der Waals surface area contributed by atoms with E-state index in [9.17, 15) is 4.79 Å². The third-order valence-corrected chi connectivity index (χ3v) is 3.98. The highest BCUT2D eigenvalue weighted by molar-refractivity contribution is 5.78. The molecule has 1 aliphatic rings. The molecule has 1 unspecified atom stereocenters. The third kappa shape index (κ3) is 3.58. The van der Waals surface area contributed by atoms with Crippen LogP contribution in [0.15, 0.2) is 12.4 Å². The maximum atomic E-state index is 12.2. The van der Waals surface area contributed by atoms with E-state index in [4.69, 9.17) is 0 Å². The third-order valence-electron chi connectivity index (χ3n) is 3.98. The van der Waals surface area contributed by atoms with Crippen LogP contribution in [0.5, 0.6) is 0 Å². The van der Waals surface area contributed by atoms with Crippen LogP contribution in [0.1, 0.15) is 25.5 Å². The van der Waals surface area contributed by atoms with Crippen molar-refractivity contribution in [2.45, 2.75) is 26.4 Å². The summed E-state index contributed by atoms with van der Waals surface area (Å²) < 4.78 is 1.91. The second kappa shape index (κ2) is 6.85. The lowest BCUT2D eigenvalue weighted by Crippen LogP contribution is -2.49. The lowest BCUT2D eigenvalue weighted by Gasteiger charge is -2.30. The Morgan fingerprint density at radius 2 is 2.20 bits per heavy atom. The minimum Gasteiger partial charge on any atom is -0.339 e. The topological polar surface area (TPSA) is 53.4 Å². The number of nitrogens with zero attached hydrogens (tertiary/aromatic N) is 4. The summed E-state index contributed by atoms with van der Waals surface area (Å²) in [6.45, 7) is 8.93. The first kappa shape index (κ1) is 15.0. The summed E-state index contributed by atoms with van der Waals surface area (Å²) in [4.78, 5) is 16.3. The maximum absolute atomic E-state index is 12.2. The highest BCUT2D eigenvalue weighted by atomic mass is 16.2. The number of likely N-dealkylation sites (N-methyl/N-ethyl adjacent to an activating group) is 1. The summed E-state index contributed by atoms with van der Waals surface area (Å²) >= 11 is 0. The molecule has 1 saturated heterocycles. The lowest BCUT2D eigenvalue weighted by atomic mass is 10.1. The molecule has 0 aliphatic carbocycles. The van der Waals surface area contributed by atoms with Crippen LogP contribution < -0.4 is 5.32 Å². The molecule has 1 N–H and O–H groups in total. The average Bonchev–Trinajstić information content (AvgIpc) is 2.96. The van der Waals surface area contributed by atoms with Crippen LogP contribution in [0.25, 0.3) is 0 Å². The van der Waals surface area contributed by atoms with Crippen LogP contribution >= 0.6 is 0 Å². The van der Waals surface area contributed by atoms with Gasteiger partial charge >= 0.3 is 0 Å². The van der Waals surface area contributed by atoms with Crippen LogP contribution in [0.2, 0.25) is 0 Å². The molecule has 20 heavy (non-hydrogen) atoms. The zero-order valence-electron chi connectivity index (χ0n) is 12.7. The molecule has 1 amide bonds. The molecule has 1 aliphatic heterocycles. The van der Waals surface area contributed by atoms with Crippen LogP contribution in [0.3, 0.4) is 0 Å². The summed E-state index contributed by atoms with van der Waals surface area (Å²) in [5.41, 5.74) is 1.16. The van der Waals surface area contributed by atoms with E-state index >= 15 is 0 Å². The molecule has 0 aromatic carbocycles. The standard InChI is InChI=1S/C14H25N5O/c1-4-19-10-13(9-16-19)12(2)17(3)11-14(20)18-7-5-15-6-8-18/h9-10,12,15H,4-8,11H2,1-3H3. The zero-order valence-corrected chi connectivity index (χ0v) is 12.7. The van der Waals surface area contributed by atoms with Gasteiger partial charge in [-0.1, -0.05) is 0 Å². The van der Waals surface area contributed by atoms with Gasteiger partial charge in [-0.25, -0.2) is 0 Å². The van der Waals surface area contributed by atoms with Crippen molar-refractivity contribution in [3.63, 3.8) is 0 Å². The Balaban J connectivity index is 1.89. The number of aromatic nitrogens is 2. The minimum absolute atomic E-state index is 0.196. The van der Waals surface area contributed by atoms with Gasteiger partial charge in [-0.3, -0.25) is 14.4 Å².